The van der Waals surface area contributed by atoms with E-state index in [1.165, 1.54) is 12.1 Å². The van der Waals surface area contributed by atoms with Crippen LogP contribution >= 0.6 is 11.3 Å². The van der Waals surface area contributed by atoms with E-state index in [-0.39, 0.29) is 41.4 Å². The van der Waals surface area contributed by atoms with Crippen LogP contribution in [0, 0.1) is 51.2 Å². The Bertz CT molecular complexity index is 1930. The van der Waals surface area contributed by atoms with Crippen LogP contribution in [0.1, 0.15) is 120 Å². The van der Waals surface area contributed by atoms with E-state index >= 15 is 0 Å². The van der Waals surface area contributed by atoms with Crippen molar-refractivity contribution < 1.29 is 37.7 Å². The van der Waals surface area contributed by atoms with E-state index in [2.05, 4.69) is 52.8 Å². The smallest absolute Gasteiger partial charge is 0.416 e. The van der Waals surface area contributed by atoms with E-state index in [1.807, 2.05) is 17.5 Å². The SMILES string of the molecule is CC(C)[C@H]1CC[C@H](C)C[C@@H]1OC(=O)N(CCc1cccs1)C[C@]1(O)CC[C@H]2[C@]34C=C[C@@]5(C=C3C(=O)c3cccc(C(F)(F)F)c3)CC(O)CC[C@]5(C)[C@H]4CC[C@@]21C. The van der Waals surface area contributed by atoms with E-state index in [0.717, 1.165) is 42.7 Å². The average molecular weight is 808 g/mol. The molecule has 1 unspecified atom stereocenters. The lowest BCUT2D eigenvalue weighted by Gasteiger charge is -2.71. The predicted molar refractivity (Wildman–Crippen MR) is 216 cm³/mol. The molecule has 6 nitrogen and oxygen atoms in total. The highest BCUT2D eigenvalue weighted by atomic mass is 32.1. The molecule has 0 aliphatic heterocycles. The number of fused-ring (bicyclic) bond motifs is 1. The first kappa shape index (κ1) is 40.8. The maximum atomic E-state index is 14.9. The number of aliphatic hydroxyl groups excluding tert-OH is 1. The van der Waals surface area contributed by atoms with E-state index in [9.17, 15) is 33.0 Å². The average Bonchev–Trinajstić information content (AvgIpc) is 3.78. The van der Waals surface area contributed by atoms with Gasteiger partial charge in [-0.05, 0) is 123 Å². The third kappa shape index (κ3) is 6.48. The molecule has 1 amide bonds. The van der Waals surface area contributed by atoms with Crippen molar-refractivity contribution in [3.05, 3.63) is 81.6 Å². The summed E-state index contributed by atoms with van der Waals surface area (Å²) in [6.45, 7) is 11.5. The number of aliphatic hydroxyl groups is 2. The van der Waals surface area contributed by atoms with Gasteiger partial charge in [0.1, 0.15) is 6.10 Å². The van der Waals surface area contributed by atoms with Crippen molar-refractivity contribution in [1.82, 2.24) is 4.90 Å². The summed E-state index contributed by atoms with van der Waals surface area (Å²) in [7, 11) is 0. The molecule has 7 aliphatic carbocycles. The highest BCUT2D eigenvalue weighted by Crippen LogP contribution is 2.78. The molecule has 1 aromatic carbocycles. The summed E-state index contributed by atoms with van der Waals surface area (Å²) in [6.07, 6.45) is 8.50. The van der Waals surface area contributed by atoms with Crippen molar-refractivity contribution in [2.45, 2.75) is 129 Å². The summed E-state index contributed by atoms with van der Waals surface area (Å²) in [5.74, 6) is 0.452. The molecule has 310 valence electrons. The molecule has 0 saturated heterocycles. The van der Waals surface area contributed by atoms with Crippen molar-refractivity contribution >= 4 is 23.2 Å². The Morgan fingerprint density at radius 2 is 1.72 bits per heavy atom. The molecule has 2 N–H and O–H groups in total. The number of thiophene rings is 1. The lowest BCUT2D eigenvalue weighted by atomic mass is 9.32. The minimum Gasteiger partial charge on any atom is -0.446 e. The first-order valence-corrected chi connectivity index (χ1v) is 22.3. The van der Waals surface area contributed by atoms with Crippen LogP contribution in [-0.2, 0) is 17.3 Å². The monoisotopic (exact) mass is 807 g/mol. The maximum absolute atomic E-state index is 14.9. The Kier molecular flexibility index (Phi) is 10.3. The zero-order valence-corrected chi connectivity index (χ0v) is 34.9. The van der Waals surface area contributed by atoms with Crippen LogP contribution in [-0.4, -0.2) is 57.9 Å². The van der Waals surface area contributed by atoms with Gasteiger partial charge < -0.3 is 19.8 Å². The molecule has 10 heteroatoms. The van der Waals surface area contributed by atoms with Gasteiger partial charge in [-0.1, -0.05) is 77.5 Å². The lowest BCUT2D eigenvalue weighted by molar-refractivity contribution is -0.175. The van der Waals surface area contributed by atoms with Crippen LogP contribution in [0.25, 0.3) is 0 Å². The molecular weight excluding hydrogens is 748 g/mol. The first-order valence-electron chi connectivity index (χ1n) is 21.4. The van der Waals surface area contributed by atoms with Crippen molar-refractivity contribution in [3.63, 3.8) is 0 Å². The van der Waals surface area contributed by atoms with Crippen molar-refractivity contribution in [1.29, 1.82) is 0 Å². The van der Waals surface area contributed by atoms with E-state index < -0.39 is 51.6 Å². The van der Waals surface area contributed by atoms with Crippen LogP contribution in [0.4, 0.5) is 18.0 Å². The minimum absolute atomic E-state index is 0.000577. The number of halogens is 3. The van der Waals surface area contributed by atoms with Gasteiger partial charge >= 0.3 is 12.3 Å². The van der Waals surface area contributed by atoms with Crippen LogP contribution < -0.4 is 0 Å². The number of carbonyl (C=O) groups excluding carboxylic acids is 2. The first-order chi connectivity index (χ1) is 26.9. The normalized spacial score (nSPS) is 39.6. The summed E-state index contributed by atoms with van der Waals surface area (Å²) in [6, 6.07) is 8.80. The summed E-state index contributed by atoms with van der Waals surface area (Å²) in [4.78, 5) is 32.3. The van der Waals surface area contributed by atoms with Gasteiger partial charge in [0.2, 0.25) is 0 Å². The number of ether oxygens (including phenoxy) is 1. The van der Waals surface area contributed by atoms with Gasteiger partial charge in [0, 0.05) is 38.8 Å². The quantitative estimate of drug-likeness (QED) is 0.195. The van der Waals surface area contributed by atoms with Gasteiger partial charge in [0.25, 0.3) is 0 Å². The Hall–Kier alpha value is -2.95. The Morgan fingerprint density at radius 1 is 0.982 bits per heavy atom. The number of carbonyl (C=O) groups is 2. The molecule has 7 aliphatic rings. The van der Waals surface area contributed by atoms with Crippen LogP contribution in [0.2, 0.25) is 0 Å². The highest BCUT2D eigenvalue weighted by Gasteiger charge is 2.74. The van der Waals surface area contributed by atoms with Crippen molar-refractivity contribution in [2.75, 3.05) is 13.1 Å². The van der Waals surface area contributed by atoms with Gasteiger partial charge in [0.05, 0.1) is 23.8 Å². The number of allylic oxidation sites excluding steroid dienone is 4. The molecule has 1 heterocycles. The fourth-order valence-electron chi connectivity index (χ4n) is 13.3. The Balaban J connectivity index is 1.16. The summed E-state index contributed by atoms with van der Waals surface area (Å²) >= 11 is 1.64. The number of rotatable bonds is 9. The molecular formula is C47H60F3NO5S. The highest BCUT2D eigenvalue weighted by molar-refractivity contribution is 7.09. The molecule has 1 aromatic heterocycles. The molecule has 4 saturated carbocycles. The molecule has 2 bridgehead atoms. The lowest BCUT2D eigenvalue weighted by Crippen LogP contribution is -2.67. The molecule has 2 aromatic rings. The molecule has 2 spiro atoms. The summed E-state index contributed by atoms with van der Waals surface area (Å²) < 4.78 is 48.4. The largest absolute Gasteiger partial charge is 0.446 e. The second-order valence-electron chi connectivity index (χ2n) is 19.7. The molecule has 0 radical (unpaired) electrons. The number of benzene rings is 1. The zero-order chi connectivity index (χ0) is 40.8. The predicted octanol–water partition coefficient (Wildman–Crippen LogP) is 10.7. The van der Waals surface area contributed by atoms with E-state index in [4.69, 9.17) is 4.74 Å². The fraction of sp³-hybridized carbons (Fsp3) is 0.660. The number of Topliss-reactive ketones (excluding diaryl/α,β-unsaturated/α-hetero) is 1. The second-order valence-corrected chi connectivity index (χ2v) is 20.7. The van der Waals surface area contributed by atoms with Crippen LogP contribution in [0.15, 0.2) is 65.6 Å². The van der Waals surface area contributed by atoms with Gasteiger partial charge in [-0.3, -0.25) is 4.79 Å². The maximum Gasteiger partial charge on any atom is 0.416 e. The Labute approximate surface area is 339 Å². The third-order valence-electron chi connectivity index (χ3n) is 16.5. The summed E-state index contributed by atoms with van der Waals surface area (Å²) in [5, 5.41) is 26.3. The molecule has 57 heavy (non-hydrogen) atoms. The van der Waals surface area contributed by atoms with E-state index in [1.54, 1.807) is 16.2 Å². The van der Waals surface area contributed by atoms with Gasteiger partial charge in [0.15, 0.2) is 5.78 Å². The van der Waals surface area contributed by atoms with Gasteiger partial charge in [-0.15, -0.1) is 11.3 Å². The zero-order valence-electron chi connectivity index (χ0n) is 34.1. The Morgan fingerprint density at radius 3 is 2.44 bits per heavy atom. The van der Waals surface area contributed by atoms with Crippen molar-refractivity contribution in [3.8, 4) is 0 Å². The molecule has 11 atom stereocenters. The van der Waals surface area contributed by atoms with Crippen LogP contribution in [0.3, 0.4) is 0 Å². The van der Waals surface area contributed by atoms with Crippen molar-refractivity contribution in [2.24, 2.45) is 51.2 Å². The topological polar surface area (TPSA) is 87.1 Å². The number of amides is 1. The number of alkyl halides is 3. The minimum atomic E-state index is -4.60. The molecule has 9 rings (SSSR count). The van der Waals surface area contributed by atoms with Gasteiger partial charge in [-0.2, -0.15) is 13.2 Å². The van der Waals surface area contributed by atoms with E-state index in [0.29, 0.717) is 68.9 Å². The summed E-state index contributed by atoms with van der Waals surface area (Å²) in [5.41, 5.74) is -4.15. The van der Waals surface area contributed by atoms with Gasteiger partial charge in [-0.25, -0.2) is 4.79 Å². The second kappa shape index (κ2) is 14.4. The standard InChI is InChI=1S/C47H60F3NO5S/c1-29(2)35-12-11-30(3)24-37(35)56-41(54)51(22-16-34-10-7-23-57-34)28-45(55)19-15-39-43(45,5)18-14-38-42(4)17-13-33(52)26-44(42)20-21-46(38,39)36(27-44)40(53)31-8-6-9-32(25-31)47(48,49)50/h6-10,20-21,23,25,27,29-30,33,35,37-39,52,55H,11-19,22,24,26,28H2,1-5H3/t30-,33?,35+,37-,38+,39+,42+,43-,44-,45+,46+/m0/s1. The number of hydrogen-bond donors (Lipinski definition) is 2. The third-order valence-corrected chi connectivity index (χ3v) is 17.5. The number of hydrogen-bond acceptors (Lipinski definition) is 6. The fourth-order valence-corrected chi connectivity index (χ4v) is 14.0. The number of nitrogens with zero attached hydrogens (tertiary/aromatic N) is 1. The van der Waals surface area contributed by atoms with Crippen LogP contribution in [0.5, 0.6) is 0 Å². The molecule has 4 fully saturated rings. The number of ketones is 1.